The molecule has 0 aliphatic heterocycles. The number of benzene rings is 3. The zero-order valence-electron chi connectivity index (χ0n) is 51.2. The van der Waals surface area contributed by atoms with Crippen LogP contribution < -0.4 is 13.7 Å². The standard InChI is InChI=1S/C24H27N2.2C23H25N2/c1-14-11-22(26(7)13-16(14)3)19-12-21-20(10-15(19)2)18-9-8-17(4)25-23(18)24(21,5)6;1-14-9-10-25(6)21(11-14)18-13-20-19(12-15(18)2)17-8-7-16(3)24-22(17)23(20,4)5;1-14-12-19-17-11-10-15(2)24-22(17)23(4,5)20(19)13-18(14)21-9-7-8-16(3)25(21)6/h8-13H,1-7H3;2*7-13H,1-6H3/q3*+1/i;;3D3. The van der Waals surface area contributed by atoms with Crippen LogP contribution in [0.5, 0.6) is 0 Å². The Morgan fingerprint density at radius 3 is 1.21 bits per heavy atom. The van der Waals surface area contributed by atoms with Crippen LogP contribution in [0.1, 0.15) is 136 Å². The summed E-state index contributed by atoms with van der Waals surface area (Å²) < 4.78 is 29.7. The zero-order chi connectivity index (χ0) is 57.2. The first-order chi connectivity index (χ1) is 37.0. The van der Waals surface area contributed by atoms with E-state index in [0.717, 1.165) is 39.6 Å². The van der Waals surface area contributed by atoms with Crippen molar-refractivity contribution in [2.24, 2.45) is 21.1 Å². The predicted molar refractivity (Wildman–Crippen MR) is 313 cm³/mol. The fraction of sp³-hybridized carbons (Fsp3) is 0.314. The molecule has 0 saturated carbocycles. The van der Waals surface area contributed by atoms with Crippen molar-refractivity contribution in [1.82, 2.24) is 15.0 Å². The maximum absolute atomic E-state index is 7.82. The Kier molecular flexibility index (Phi) is 11.9. The number of fused-ring (bicyclic) bond motifs is 9. The molecule has 0 saturated heterocycles. The van der Waals surface area contributed by atoms with Crippen molar-refractivity contribution in [3.63, 3.8) is 0 Å². The van der Waals surface area contributed by atoms with Gasteiger partial charge in [0.15, 0.2) is 18.1 Å². The lowest BCUT2D eigenvalue weighted by Gasteiger charge is -2.21. The second-order valence-corrected chi connectivity index (χ2v) is 23.8. The van der Waals surface area contributed by atoms with Gasteiger partial charge in [-0.3, -0.25) is 15.0 Å². The van der Waals surface area contributed by atoms with Crippen molar-refractivity contribution in [1.29, 1.82) is 0 Å². The molecule has 76 heavy (non-hydrogen) atoms. The van der Waals surface area contributed by atoms with Gasteiger partial charge in [-0.1, -0.05) is 77.9 Å². The maximum Gasteiger partial charge on any atom is 0.212 e. The van der Waals surface area contributed by atoms with E-state index in [2.05, 4.69) is 224 Å². The number of pyridine rings is 6. The third kappa shape index (κ3) is 8.58. The van der Waals surface area contributed by atoms with Gasteiger partial charge in [0.25, 0.3) is 0 Å². The van der Waals surface area contributed by atoms with Gasteiger partial charge in [-0.15, -0.1) is 0 Å². The highest BCUT2D eigenvalue weighted by molar-refractivity contribution is 5.86. The summed E-state index contributed by atoms with van der Waals surface area (Å²) in [6.45, 7) is 30.6. The highest BCUT2D eigenvalue weighted by atomic mass is 14.9. The summed E-state index contributed by atoms with van der Waals surface area (Å²) >= 11 is 0. The van der Waals surface area contributed by atoms with Crippen LogP contribution in [0.15, 0.2) is 122 Å². The lowest BCUT2D eigenvalue weighted by atomic mass is 9.83. The minimum atomic E-state index is -2.15. The van der Waals surface area contributed by atoms with E-state index in [0.29, 0.717) is 5.69 Å². The molecule has 0 spiro atoms. The van der Waals surface area contributed by atoms with E-state index in [4.69, 9.17) is 19.1 Å². The lowest BCUT2D eigenvalue weighted by molar-refractivity contribution is -0.666. The summed E-state index contributed by atoms with van der Waals surface area (Å²) in [6, 6.07) is 39.1. The first kappa shape index (κ1) is 48.2. The molecule has 0 unspecified atom stereocenters. The number of aromatic nitrogens is 6. The second kappa shape index (κ2) is 18.7. The van der Waals surface area contributed by atoms with E-state index >= 15 is 0 Å². The first-order valence-corrected chi connectivity index (χ1v) is 26.8. The highest BCUT2D eigenvalue weighted by Gasteiger charge is 2.41. The minimum Gasteiger partial charge on any atom is -0.257 e. The molecule has 0 atom stereocenters. The zero-order valence-corrected chi connectivity index (χ0v) is 48.2. The predicted octanol–water partition coefficient (Wildman–Crippen LogP) is 14.7. The summed E-state index contributed by atoms with van der Waals surface area (Å²) in [6.07, 6.45) is 4.37. The van der Waals surface area contributed by atoms with Crippen LogP contribution in [0.25, 0.3) is 67.2 Å². The fourth-order valence-electron chi connectivity index (χ4n) is 12.3. The largest absolute Gasteiger partial charge is 0.257 e. The van der Waals surface area contributed by atoms with Crippen LogP contribution in [0.3, 0.4) is 0 Å². The van der Waals surface area contributed by atoms with Crippen LogP contribution in [-0.4, -0.2) is 15.0 Å². The van der Waals surface area contributed by atoms with Crippen LogP contribution in [0.2, 0.25) is 0 Å². The average molecular weight is 1010 g/mol. The molecular weight excluding hydrogens is 925 g/mol. The fourth-order valence-corrected chi connectivity index (χ4v) is 12.3. The second-order valence-electron chi connectivity index (χ2n) is 23.8. The molecule has 0 fully saturated rings. The van der Waals surface area contributed by atoms with Gasteiger partial charge in [0, 0.05) is 114 Å². The molecule has 3 aromatic carbocycles. The quantitative estimate of drug-likeness (QED) is 0.166. The van der Waals surface area contributed by atoms with Gasteiger partial charge in [0.05, 0.1) is 17.1 Å². The Labute approximate surface area is 457 Å². The highest BCUT2D eigenvalue weighted by Crippen LogP contribution is 2.52. The summed E-state index contributed by atoms with van der Waals surface area (Å²) in [7, 11) is 6.08. The minimum absolute atomic E-state index is 0.0679. The molecule has 6 heteroatoms. The maximum atomic E-state index is 7.82. The Morgan fingerprint density at radius 2 is 0.789 bits per heavy atom. The van der Waals surface area contributed by atoms with E-state index < -0.39 is 6.85 Å². The van der Waals surface area contributed by atoms with Gasteiger partial charge >= 0.3 is 0 Å². The monoisotopic (exact) mass is 1000 g/mol. The van der Waals surface area contributed by atoms with Crippen LogP contribution >= 0.6 is 0 Å². The Morgan fingerprint density at radius 1 is 0.382 bits per heavy atom. The van der Waals surface area contributed by atoms with Crippen LogP contribution in [0, 0.1) is 69.2 Å². The third-order valence-electron chi connectivity index (χ3n) is 17.0. The number of aryl methyl sites for hydroxylation is 12. The van der Waals surface area contributed by atoms with Gasteiger partial charge in [-0.05, 0) is 166 Å². The molecule has 9 aromatic rings. The van der Waals surface area contributed by atoms with Crippen molar-refractivity contribution in [2.75, 3.05) is 0 Å². The van der Waals surface area contributed by atoms with Crippen molar-refractivity contribution >= 4 is 0 Å². The first-order valence-electron chi connectivity index (χ1n) is 28.3. The normalized spacial score (nSPS) is 15.1. The Bertz CT molecular complexity index is 4010. The van der Waals surface area contributed by atoms with E-state index in [-0.39, 0.29) is 16.2 Å². The molecule has 0 radical (unpaired) electrons. The molecule has 0 amide bonds. The average Bonchev–Trinajstić information content (AvgIpc) is 4.06. The summed E-state index contributed by atoms with van der Waals surface area (Å²) in [5, 5.41) is 0. The molecule has 12 rings (SSSR count). The van der Waals surface area contributed by atoms with E-state index in [1.807, 2.05) is 26.1 Å². The summed E-state index contributed by atoms with van der Waals surface area (Å²) in [5.74, 6) is 0. The molecule has 384 valence electrons. The number of rotatable bonds is 3. The van der Waals surface area contributed by atoms with Gasteiger partial charge in [0.2, 0.25) is 17.1 Å². The molecule has 6 nitrogen and oxygen atoms in total. The molecular formula is C70H77N6+3. The van der Waals surface area contributed by atoms with Gasteiger partial charge < -0.3 is 0 Å². The number of nitrogens with zero attached hydrogens (tertiary/aromatic N) is 6. The van der Waals surface area contributed by atoms with Crippen molar-refractivity contribution in [3.05, 3.63) is 212 Å². The van der Waals surface area contributed by atoms with Gasteiger partial charge in [-0.2, -0.15) is 4.57 Å². The van der Waals surface area contributed by atoms with Crippen LogP contribution in [-0.2, 0) is 37.4 Å². The summed E-state index contributed by atoms with van der Waals surface area (Å²) in [4.78, 5) is 14.6. The Balaban J connectivity index is 0.000000134. The van der Waals surface area contributed by atoms with Gasteiger partial charge in [0.1, 0.15) is 21.1 Å². The smallest absolute Gasteiger partial charge is 0.212 e. The van der Waals surface area contributed by atoms with Gasteiger partial charge in [-0.25, -0.2) is 9.13 Å². The van der Waals surface area contributed by atoms with E-state index in [1.54, 1.807) is 10.6 Å². The molecule has 6 heterocycles. The molecule has 0 N–H and O–H groups in total. The van der Waals surface area contributed by atoms with Crippen molar-refractivity contribution in [3.8, 4) is 67.2 Å². The number of hydrogen-bond donors (Lipinski definition) is 0. The van der Waals surface area contributed by atoms with E-state index in [1.165, 1.54) is 112 Å². The molecule has 6 aromatic heterocycles. The lowest BCUT2D eigenvalue weighted by Crippen LogP contribution is -2.34. The van der Waals surface area contributed by atoms with Crippen LogP contribution in [0.4, 0.5) is 0 Å². The topological polar surface area (TPSA) is 50.3 Å². The number of hydrogen-bond acceptors (Lipinski definition) is 3. The molecule has 3 aliphatic carbocycles. The van der Waals surface area contributed by atoms with Crippen molar-refractivity contribution in [2.45, 2.75) is 127 Å². The SMILES string of the molecule is Cc1cc[n+](C)c(-c2cc3c(cc2C)-c2ccc(C)nc2C3(C)C)c1.Cc1ccc2c(n1)C(C)(C)c1cc(-c3cc(C)c(C)c[n+]3C)c(C)cc1-2.[2H]C([2H])([2H])c1cccc(-c2cc3c(cc2C)-c2ccc(C)nc2C3(C)C)[n+]1C. The third-order valence-corrected chi connectivity index (χ3v) is 17.0. The Hall–Kier alpha value is -7.44. The summed E-state index contributed by atoms with van der Waals surface area (Å²) in [5.41, 5.74) is 33.2. The van der Waals surface area contributed by atoms with Crippen molar-refractivity contribution < 1.29 is 17.8 Å². The van der Waals surface area contributed by atoms with E-state index in [9.17, 15) is 0 Å². The molecule has 3 aliphatic rings. The molecule has 0 bridgehead atoms.